The monoisotopic (exact) mass is 488 g/mol. The summed E-state index contributed by atoms with van der Waals surface area (Å²) in [6.45, 7) is 0. The van der Waals surface area contributed by atoms with Crippen molar-refractivity contribution in [2.75, 3.05) is 17.7 Å². The van der Waals surface area contributed by atoms with Crippen LogP contribution in [0.4, 0.5) is 11.5 Å². The molecular formula is C22H18Cl2N4O3S. The molecule has 10 heteroatoms. The van der Waals surface area contributed by atoms with Gasteiger partial charge in [0.2, 0.25) is 11.8 Å². The maximum atomic E-state index is 12.5. The van der Waals surface area contributed by atoms with E-state index in [4.69, 9.17) is 27.9 Å². The van der Waals surface area contributed by atoms with E-state index in [0.717, 1.165) is 21.6 Å². The smallest absolute Gasteiger partial charge is 0.229 e. The molecule has 0 unspecified atom stereocenters. The summed E-state index contributed by atoms with van der Waals surface area (Å²) >= 11 is 13.6. The molecule has 2 aromatic heterocycles. The van der Waals surface area contributed by atoms with Crippen molar-refractivity contribution in [3.05, 3.63) is 69.0 Å². The van der Waals surface area contributed by atoms with Gasteiger partial charge in [-0.05, 0) is 35.9 Å². The zero-order valence-corrected chi connectivity index (χ0v) is 19.2. The van der Waals surface area contributed by atoms with E-state index >= 15 is 0 Å². The van der Waals surface area contributed by atoms with Crippen molar-refractivity contribution >= 4 is 68.1 Å². The van der Waals surface area contributed by atoms with E-state index in [-0.39, 0.29) is 24.7 Å². The molecule has 4 aromatic rings. The van der Waals surface area contributed by atoms with Gasteiger partial charge in [-0.25, -0.2) is 0 Å². The minimum Gasteiger partial charge on any atom is -0.497 e. The standard InChI is InChI=1S/C22H18Cl2N4O3S/c1-31-13-7-5-12(6-8-13)9-18(29)26-21-15-10-14(32-22(15)28-27-21)11-19(30)25-20-16(23)3-2-4-17(20)24/h2-8,10H,9,11H2,1H3,(H,25,30)(H2,26,27,28,29). The van der Waals surface area contributed by atoms with Crippen LogP contribution in [0.25, 0.3) is 10.2 Å². The molecule has 0 atom stereocenters. The first-order valence-corrected chi connectivity index (χ1v) is 11.1. The Morgan fingerprint density at radius 1 is 1.03 bits per heavy atom. The highest BCUT2D eigenvalue weighted by molar-refractivity contribution is 7.18. The van der Waals surface area contributed by atoms with Crippen LogP contribution in [0.15, 0.2) is 48.5 Å². The Morgan fingerprint density at radius 2 is 1.72 bits per heavy atom. The maximum Gasteiger partial charge on any atom is 0.229 e. The van der Waals surface area contributed by atoms with Crippen molar-refractivity contribution in [2.24, 2.45) is 0 Å². The van der Waals surface area contributed by atoms with E-state index in [0.29, 0.717) is 26.4 Å². The molecule has 0 aliphatic heterocycles. The van der Waals surface area contributed by atoms with Gasteiger partial charge in [-0.15, -0.1) is 11.3 Å². The van der Waals surface area contributed by atoms with Gasteiger partial charge in [0.15, 0.2) is 0 Å². The van der Waals surface area contributed by atoms with E-state index in [2.05, 4.69) is 20.8 Å². The normalized spacial score (nSPS) is 10.8. The van der Waals surface area contributed by atoms with Crippen LogP contribution in [0.2, 0.25) is 10.0 Å². The quantitative estimate of drug-likeness (QED) is 0.328. The van der Waals surface area contributed by atoms with Crippen molar-refractivity contribution in [2.45, 2.75) is 12.8 Å². The van der Waals surface area contributed by atoms with Gasteiger partial charge in [0.25, 0.3) is 0 Å². The van der Waals surface area contributed by atoms with Gasteiger partial charge in [0, 0.05) is 4.88 Å². The van der Waals surface area contributed by atoms with Gasteiger partial charge in [-0.2, -0.15) is 5.10 Å². The van der Waals surface area contributed by atoms with Gasteiger partial charge in [0.1, 0.15) is 16.4 Å². The molecule has 0 spiro atoms. The number of rotatable bonds is 7. The Labute approximate surface area is 197 Å². The van der Waals surface area contributed by atoms with Gasteiger partial charge < -0.3 is 15.4 Å². The number of para-hydroxylation sites is 1. The fourth-order valence-corrected chi connectivity index (χ4v) is 4.60. The molecule has 0 aliphatic carbocycles. The van der Waals surface area contributed by atoms with E-state index in [1.165, 1.54) is 11.3 Å². The second-order valence-electron chi connectivity index (χ2n) is 6.92. The number of nitrogens with zero attached hydrogens (tertiary/aromatic N) is 1. The fraction of sp³-hybridized carbons (Fsp3) is 0.136. The maximum absolute atomic E-state index is 12.5. The first-order valence-electron chi connectivity index (χ1n) is 9.56. The van der Waals surface area contributed by atoms with Crippen molar-refractivity contribution in [3.8, 4) is 5.75 Å². The number of aromatic nitrogens is 2. The summed E-state index contributed by atoms with van der Waals surface area (Å²) in [5.74, 6) is 0.796. The number of H-pyrrole nitrogens is 1. The number of methoxy groups -OCH3 is 1. The summed E-state index contributed by atoms with van der Waals surface area (Å²) in [7, 11) is 1.59. The molecule has 0 bridgehead atoms. The molecule has 0 saturated carbocycles. The summed E-state index contributed by atoms with van der Waals surface area (Å²) < 4.78 is 5.13. The lowest BCUT2D eigenvalue weighted by Crippen LogP contribution is -2.15. The van der Waals surface area contributed by atoms with Crippen molar-refractivity contribution in [1.82, 2.24) is 10.2 Å². The highest BCUT2D eigenvalue weighted by Gasteiger charge is 2.16. The number of hydrogen-bond donors (Lipinski definition) is 3. The number of anilines is 2. The lowest BCUT2D eigenvalue weighted by atomic mass is 10.1. The number of ether oxygens (including phenoxy) is 1. The molecule has 2 aromatic carbocycles. The van der Waals surface area contributed by atoms with Gasteiger partial charge in [-0.3, -0.25) is 14.7 Å². The fourth-order valence-electron chi connectivity index (χ4n) is 3.11. The predicted molar refractivity (Wildman–Crippen MR) is 128 cm³/mol. The molecular weight excluding hydrogens is 471 g/mol. The number of amides is 2. The molecule has 2 heterocycles. The lowest BCUT2D eigenvalue weighted by molar-refractivity contribution is -0.116. The molecule has 0 fully saturated rings. The number of carbonyl (C=O) groups excluding carboxylic acids is 2. The summed E-state index contributed by atoms with van der Waals surface area (Å²) in [5.41, 5.74) is 1.24. The molecule has 32 heavy (non-hydrogen) atoms. The number of fused-ring (bicyclic) bond motifs is 1. The predicted octanol–water partition coefficient (Wildman–Crippen LogP) is 5.30. The number of benzene rings is 2. The highest BCUT2D eigenvalue weighted by Crippen LogP contribution is 2.32. The minimum atomic E-state index is -0.252. The molecule has 3 N–H and O–H groups in total. The van der Waals surface area contributed by atoms with Crippen LogP contribution in [0.5, 0.6) is 5.75 Å². The first-order chi connectivity index (χ1) is 15.4. The second kappa shape index (κ2) is 9.60. The van der Waals surface area contributed by atoms with E-state index in [1.54, 1.807) is 25.3 Å². The van der Waals surface area contributed by atoms with Crippen LogP contribution < -0.4 is 15.4 Å². The molecule has 7 nitrogen and oxygen atoms in total. The summed E-state index contributed by atoms with van der Waals surface area (Å²) in [5, 5.41) is 14.1. The third kappa shape index (κ3) is 5.04. The average Bonchev–Trinajstić information content (AvgIpc) is 3.32. The summed E-state index contributed by atoms with van der Waals surface area (Å²) in [6.07, 6.45) is 0.338. The third-order valence-corrected chi connectivity index (χ3v) is 6.31. The highest BCUT2D eigenvalue weighted by atomic mass is 35.5. The average molecular weight is 489 g/mol. The van der Waals surface area contributed by atoms with Gasteiger partial charge in [0.05, 0.1) is 41.1 Å². The van der Waals surface area contributed by atoms with Crippen LogP contribution in [-0.4, -0.2) is 29.1 Å². The Balaban J connectivity index is 1.41. The van der Waals surface area contributed by atoms with Crippen molar-refractivity contribution in [1.29, 1.82) is 0 Å². The van der Waals surface area contributed by atoms with Crippen molar-refractivity contribution < 1.29 is 14.3 Å². The van der Waals surface area contributed by atoms with Crippen molar-refractivity contribution in [3.63, 3.8) is 0 Å². The van der Waals surface area contributed by atoms with E-state index in [9.17, 15) is 9.59 Å². The van der Waals surface area contributed by atoms with Gasteiger partial charge in [-0.1, -0.05) is 41.4 Å². The number of halogens is 2. The molecule has 4 rings (SSSR count). The number of hydrogen-bond acceptors (Lipinski definition) is 5. The topological polar surface area (TPSA) is 96.1 Å². The Kier molecular flexibility index (Phi) is 6.64. The second-order valence-corrected chi connectivity index (χ2v) is 8.85. The third-order valence-electron chi connectivity index (χ3n) is 4.65. The SMILES string of the molecule is COc1ccc(CC(=O)Nc2[nH]nc3sc(CC(=O)Nc4c(Cl)cccc4Cl)cc23)cc1. The molecule has 0 saturated heterocycles. The van der Waals surface area contributed by atoms with Crippen LogP contribution in [0.3, 0.4) is 0 Å². The Hall–Kier alpha value is -3.07. The zero-order chi connectivity index (χ0) is 22.7. The number of thiophene rings is 1. The van der Waals surface area contributed by atoms with Crippen LogP contribution in [0, 0.1) is 0 Å². The first kappa shape index (κ1) is 22.1. The molecule has 0 radical (unpaired) electrons. The molecule has 0 aliphatic rings. The van der Waals surface area contributed by atoms with Crippen LogP contribution in [0.1, 0.15) is 10.4 Å². The lowest BCUT2D eigenvalue weighted by Gasteiger charge is -2.08. The Bertz CT molecular complexity index is 1260. The summed E-state index contributed by atoms with van der Waals surface area (Å²) in [6, 6.07) is 14.2. The molecule has 2 amide bonds. The molecule has 164 valence electrons. The van der Waals surface area contributed by atoms with Crippen LogP contribution in [-0.2, 0) is 22.4 Å². The largest absolute Gasteiger partial charge is 0.497 e. The van der Waals surface area contributed by atoms with E-state index < -0.39 is 0 Å². The van der Waals surface area contributed by atoms with Crippen LogP contribution >= 0.6 is 34.5 Å². The minimum absolute atomic E-state index is 0.127. The number of aromatic amines is 1. The zero-order valence-electron chi connectivity index (χ0n) is 16.9. The number of nitrogens with one attached hydrogen (secondary N) is 3. The summed E-state index contributed by atoms with van der Waals surface area (Å²) in [4.78, 5) is 26.4. The van der Waals surface area contributed by atoms with Gasteiger partial charge >= 0.3 is 0 Å². The Morgan fingerprint density at radius 3 is 2.41 bits per heavy atom. The van der Waals surface area contributed by atoms with E-state index in [1.807, 2.05) is 30.3 Å². The number of carbonyl (C=O) groups is 2.